The molecule has 156 valence electrons. The number of ketones is 1. The molecule has 1 atom stereocenters. The van der Waals surface area contributed by atoms with E-state index in [1.807, 2.05) is 0 Å². The highest BCUT2D eigenvalue weighted by molar-refractivity contribution is 8.13. The van der Waals surface area contributed by atoms with Gasteiger partial charge in [-0.2, -0.15) is 0 Å². The van der Waals surface area contributed by atoms with E-state index in [1.165, 1.54) is 26.5 Å². The van der Waals surface area contributed by atoms with Gasteiger partial charge < -0.3 is 20.5 Å². The fraction of sp³-hybridized carbons (Fsp3) is 0.611. The third-order valence-corrected chi connectivity index (χ3v) is 4.76. The minimum Gasteiger partial charge on any atom is -0.357 e. The number of carbonyl (C=O) groups excluding carboxylic acids is 4. The van der Waals surface area contributed by atoms with Crippen molar-refractivity contribution < 1.29 is 19.2 Å². The lowest BCUT2D eigenvalue weighted by Gasteiger charge is -2.26. The van der Waals surface area contributed by atoms with E-state index in [0.717, 1.165) is 18.2 Å². The number of Topliss-reactive ketones (excluding diaryl/α,β-unsaturated/α-hetero) is 1. The molecule has 0 fully saturated rings. The van der Waals surface area contributed by atoms with E-state index in [4.69, 9.17) is 0 Å². The van der Waals surface area contributed by atoms with E-state index in [2.05, 4.69) is 34.4 Å². The molecule has 9 nitrogen and oxygen atoms in total. The molecule has 0 aliphatic heterocycles. The number of hydrogen-bond donors (Lipinski definition) is 3. The molecule has 0 radical (unpaired) electrons. The molecule has 0 aliphatic rings. The monoisotopic (exact) mass is 411 g/mol. The number of thioether (sulfide) groups is 1. The number of aromatic amines is 1. The quantitative estimate of drug-likeness (QED) is 0.473. The summed E-state index contributed by atoms with van der Waals surface area (Å²) < 4.78 is 0. The maximum atomic E-state index is 12.7. The minimum absolute atomic E-state index is 0.0166. The first-order valence-electron chi connectivity index (χ1n) is 9.17. The Kier molecular flexibility index (Phi) is 10.3. The summed E-state index contributed by atoms with van der Waals surface area (Å²) in [5.74, 6) is 0.0550. The number of H-pyrrole nitrogens is 1. The zero-order valence-electron chi connectivity index (χ0n) is 16.8. The summed E-state index contributed by atoms with van der Waals surface area (Å²) in [5, 5.41) is 5.09. The van der Waals surface area contributed by atoms with Crippen molar-refractivity contribution in [1.29, 1.82) is 0 Å². The van der Waals surface area contributed by atoms with Gasteiger partial charge in [0, 0.05) is 45.4 Å². The van der Waals surface area contributed by atoms with Crippen LogP contribution in [-0.2, 0) is 9.59 Å². The van der Waals surface area contributed by atoms with E-state index in [1.54, 1.807) is 4.90 Å². The van der Waals surface area contributed by atoms with Crippen LogP contribution in [0.25, 0.3) is 0 Å². The predicted molar refractivity (Wildman–Crippen MR) is 108 cm³/mol. The highest BCUT2D eigenvalue weighted by Gasteiger charge is 2.26. The topological polar surface area (TPSA) is 124 Å². The smallest absolute Gasteiger partial charge is 0.318 e. The van der Waals surface area contributed by atoms with Crippen LogP contribution in [0.3, 0.4) is 0 Å². The Morgan fingerprint density at radius 3 is 2.50 bits per heavy atom. The number of nitrogens with one attached hydrogen (secondary N) is 3. The Labute approximate surface area is 169 Å². The van der Waals surface area contributed by atoms with Crippen molar-refractivity contribution in [3.8, 4) is 0 Å². The first kappa shape index (κ1) is 23.7. The second-order valence-electron chi connectivity index (χ2n) is 6.71. The van der Waals surface area contributed by atoms with E-state index in [0.29, 0.717) is 24.8 Å². The molecule has 28 heavy (non-hydrogen) atoms. The van der Waals surface area contributed by atoms with Gasteiger partial charge in [-0.15, -0.1) is 0 Å². The average molecular weight is 412 g/mol. The highest BCUT2D eigenvalue weighted by Crippen LogP contribution is 2.08. The third kappa shape index (κ3) is 8.55. The van der Waals surface area contributed by atoms with Gasteiger partial charge in [0.1, 0.15) is 11.7 Å². The Balaban J connectivity index is 2.79. The van der Waals surface area contributed by atoms with Crippen molar-refractivity contribution in [2.45, 2.75) is 39.7 Å². The maximum Gasteiger partial charge on any atom is 0.318 e. The standard InChI is InChI=1S/C18H29N5O4S/c1-12(2)5-6-23(7-8-28-13(3)24)18(27)22-14(17(26)19-4)9-16(25)15-10-20-11-21-15/h10-12,14H,5-9H2,1-4H3,(H,19,26)(H,20,21)(H,22,27). The first-order valence-corrected chi connectivity index (χ1v) is 10.2. The molecule has 3 N–H and O–H groups in total. The molecule has 1 aromatic heterocycles. The van der Waals surface area contributed by atoms with Gasteiger partial charge in [-0.1, -0.05) is 25.6 Å². The second-order valence-corrected chi connectivity index (χ2v) is 7.98. The summed E-state index contributed by atoms with van der Waals surface area (Å²) in [7, 11) is 1.44. The van der Waals surface area contributed by atoms with Crippen LogP contribution in [0.1, 0.15) is 44.1 Å². The van der Waals surface area contributed by atoms with Gasteiger partial charge in [0.15, 0.2) is 10.9 Å². The first-order chi connectivity index (χ1) is 13.2. The molecule has 0 saturated heterocycles. The molecule has 0 aliphatic carbocycles. The third-order valence-electron chi connectivity index (χ3n) is 3.96. The van der Waals surface area contributed by atoms with E-state index in [9.17, 15) is 19.2 Å². The number of imidazole rings is 1. The molecule has 1 unspecified atom stereocenters. The second kappa shape index (κ2) is 12.2. The molecular formula is C18H29N5O4S. The van der Waals surface area contributed by atoms with Gasteiger partial charge in [0.25, 0.3) is 0 Å². The number of amides is 3. The number of nitrogens with zero attached hydrogens (tertiary/aromatic N) is 2. The summed E-state index contributed by atoms with van der Waals surface area (Å²) in [6, 6.07) is -1.45. The Morgan fingerprint density at radius 2 is 1.96 bits per heavy atom. The van der Waals surface area contributed by atoms with Gasteiger partial charge >= 0.3 is 6.03 Å². The van der Waals surface area contributed by atoms with Crippen molar-refractivity contribution in [1.82, 2.24) is 25.5 Å². The van der Waals surface area contributed by atoms with Gasteiger partial charge in [-0.3, -0.25) is 14.4 Å². The van der Waals surface area contributed by atoms with Crippen molar-refractivity contribution in [2.75, 3.05) is 25.9 Å². The van der Waals surface area contributed by atoms with Crippen LogP contribution in [-0.4, -0.2) is 69.6 Å². The number of rotatable bonds is 11. The molecular weight excluding hydrogens is 382 g/mol. The number of likely N-dealkylation sites (N-methyl/N-ethyl adjacent to an activating group) is 1. The Bertz CT molecular complexity index is 663. The van der Waals surface area contributed by atoms with Crippen molar-refractivity contribution >= 4 is 34.6 Å². The van der Waals surface area contributed by atoms with Crippen LogP contribution in [0.4, 0.5) is 4.79 Å². The van der Waals surface area contributed by atoms with E-state index in [-0.39, 0.29) is 23.0 Å². The zero-order chi connectivity index (χ0) is 21.1. The average Bonchev–Trinajstić information content (AvgIpc) is 3.17. The summed E-state index contributed by atoms with van der Waals surface area (Å²) in [6.45, 7) is 6.45. The summed E-state index contributed by atoms with van der Waals surface area (Å²) >= 11 is 1.14. The Morgan fingerprint density at radius 1 is 1.25 bits per heavy atom. The predicted octanol–water partition coefficient (Wildman–Crippen LogP) is 1.43. The molecule has 0 spiro atoms. The summed E-state index contributed by atoms with van der Waals surface area (Å²) in [6.07, 6.45) is 3.41. The van der Waals surface area contributed by atoms with Crippen LogP contribution < -0.4 is 10.6 Å². The van der Waals surface area contributed by atoms with E-state index < -0.39 is 18.0 Å². The lowest BCUT2D eigenvalue weighted by atomic mass is 10.1. The van der Waals surface area contributed by atoms with Crippen LogP contribution in [0, 0.1) is 5.92 Å². The maximum absolute atomic E-state index is 12.7. The molecule has 1 rings (SSSR count). The van der Waals surface area contributed by atoms with E-state index >= 15 is 0 Å². The van der Waals surface area contributed by atoms with Crippen molar-refractivity contribution in [3.63, 3.8) is 0 Å². The number of aromatic nitrogens is 2. The highest BCUT2D eigenvalue weighted by atomic mass is 32.2. The van der Waals surface area contributed by atoms with Gasteiger partial charge in [0.2, 0.25) is 5.91 Å². The SMILES string of the molecule is CNC(=O)C(CC(=O)c1c[nH]cn1)NC(=O)N(CCSC(C)=O)CCC(C)C. The zero-order valence-corrected chi connectivity index (χ0v) is 17.6. The van der Waals surface area contributed by atoms with Crippen molar-refractivity contribution in [3.05, 3.63) is 18.2 Å². The van der Waals surface area contributed by atoms with Crippen LogP contribution in [0.15, 0.2) is 12.5 Å². The Hall–Kier alpha value is -2.36. The van der Waals surface area contributed by atoms with Crippen LogP contribution in [0.2, 0.25) is 0 Å². The van der Waals surface area contributed by atoms with Gasteiger partial charge in [-0.05, 0) is 12.3 Å². The fourth-order valence-electron chi connectivity index (χ4n) is 2.36. The summed E-state index contributed by atoms with van der Waals surface area (Å²) in [5.41, 5.74) is 0.206. The molecule has 10 heteroatoms. The molecule has 0 saturated carbocycles. The van der Waals surface area contributed by atoms with Gasteiger partial charge in [-0.25, -0.2) is 9.78 Å². The van der Waals surface area contributed by atoms with Crippen LogP contribution >= 0.6 is 11.8 Å². The van der Waals surface area contributed by atoms with Crippen molar-refractivity contribution in [2.24, 2.45) is 5.92 Å². The largest absolute Gasteiger partial charge is 0.357 e. The fourth-order valence-corrected chi connectivity index (χ4v) is 2.95. The molecule has 1 heterocycles. The lowest BCUT2D eigenvalue weighted by molar-refractivity contribution is -0.122. The van der Waals surface area contributed by atoms with Crippen LogP contribution in [0.5, 0.6) is 0 Å². The minimum atomic E-state index is -1.01. The number of carbonyl (C=O) groups is 4. The molecule has 1 aromatic rings. The molecule has 3 amide bonds. The van der Waals surface area contributed by atoms with Gasteiger partial charge in [0.05, 0.1) is 6.33 Å². The lowest BCUT2D eigenvalue weighted by Crippen LogP contribution is -2.52. The molecule has 0 bridgehead atoms. The number of hydrogen-bond acceptors (Lipinski definition) is 6. The molecule has 0 aromatic carbocycles. The normalized spacial score (nSPS) is 11.8. The number of urea groups is 1. The summed E-state index contributed by atoms with van der Waals surface area (Å²) in [4.78, 5) is 56.5.